The number of thioether (sulfide) groups is 1. The molecule has 0 fully saturated rings. The van der Waals surface area contributed by atoms with E-state index in [4.69, 9.17) is 10.5 Å². The van der Waals surface area contributed by atoms with Gasteiger partial charge in [-0.25, -0.2) is 0 Å². The van der Waals surface area contributed by atoms with E-state index in [-0.39, 0.29) is 5.91 Å². The van der Waals surface area contributed by atoms with Gasteiger partial charge in [-0.05, 0) is 19.1 Å². The summed E-state index contributed by atoms with van der Waals surface area (Å²) in [5.41, 5.74) is 6.29. The monoisotopic (exact) mass is 240 g/mol. The van der Waals surface area contributed by atoms with Gasteiger partial charge in [-0.1, -0.05) is 0 Å². The number of nitrogens with one attached hydrogen (secondary N) is 1. The number of amides is 1. The van der Waals surface area contributed by atoms with Crippen molar-refractivity contribution in [1.82, 2.24) is 5.32 Å². The fourth-order valence-corrected chi connectivity index (χ4v) is 2.03. The largest absolute Gasteiger partial charge is 0.496 e. The fraction of sp³-hybridized carbons (Fsp3) is 0.364. The average molecular weight is 240 g/mol. The maximum Gasteiger partial charge on any atom is 0.230 e. The molecule has 3 N–H and O–H groups in total. The zero-order valence-corrected chi connectivity index (χ0v) is 10.3. The average Bonchev–Trinajstić information content (AvgIpc) is 2.27. The van der Waals surface area contributed by atoms with E-state index in [0.717, 1.165) is 4.90 Å². The van der Waals surface area contributed by atoms with Crippen molar-refractivity contribution in [3.63, 3.8) is 0 Å². The molecular formula is C11H16N2O2S. The van der Waals surface area contributed by atoms with Crippen molar-refractivity contribution in [3.05, 3.63) is 18.2 Å². The highest BCUT2D eigenvalue weighted by atomic mass is 32.2. The lowest BCUT2D eigenvalue weighted by Gasteiger charge is -2.08. The molecule has 1 aromatic rings. The smallest absolute Gasteiger partial charge is 0.230 e. The zero-order valence-electron chi connectivity index (χ0n) is 9.45. The number of methoxy groups -OCH3 is 1. The van der Waals surface area contributed by atoms with Crippen molar-refractivity contribution < 1.29 is 9.53 Å². The SMILES string of the molecule is CCNC(=O)CSc1ccc(N)cc1OC. The number of hydrogen-bond acceptors (Lipinski definition) is 4. The normalized spacial score (nSPS) is 9.88. The lowest BCUT2D eigenvalue weighted by Crippen LogP contribution is -2.24. The Morgan fingerprint density at radius 1 is 1.56 bits per heavy atom. The van der Waals surface area contributed by atoms with E-state index in [1.54, 1.807) is 19.2 Å². The van der Waals surface area contributed by atoms with Crippen LogP contribution in [0.5, 0.6) is 5.75 Å². The quantitative estimate of drug-likeness (QED) is 0.605. The van der Waals surface area contributed by atoms with Gasteiger partial charge in [-0.3, -0.25) is 4.79 Å². The summed E-state index contributed by atoms with van der Waals surface area (Å²) in [6.07, 6.45) is 0. The zero-order chi connectivity index (χ0) is 12.0. The number of nitrogen functional groups attached to an aromatic ring is 1. The molecule has 16 heavy (non-hydrogen) atoms. The molecule has 0 spiro atoms. The van der Waals surface area contributed by atoms with E-state index < -0.39 is 0 Å². The lowest BCUT2D eigenvalue weighted by molar-refractivity contribution is -0.118. The first-order valence-corrected chi connectivity index (χ1v) is 5.99. The van der Waals surface area contributed by atoms with Gasteiger partial charge in [-0.15, -0.1) is 11.8 Å². The number of hydrogen-bond donors (Lipinski definition) is 2. The van der Waals surface area contributed by atoms with Crippen LogP contribution in [0.15, 0.2) is 23.1 Å². The van der Waals surface area contributed by atoms with Crippen LogP contribution in [-0.4, -0.2) is 25.3 Å². The Hall–Kier alpha value is -1.36. The van der Waals surface area contributed by atoms with E-state index in [0.29, 0.717) is 23.7 Å². The summed E-state index contributed by atoms with van der Waals surface area (Å²) in [6.45, 7) is 2.55. The summed E-state index contributed by atoms with van der Waals surface area (Å²) >= 11 is 1.44. The van der Waals surface area contributed by atoms with Crippen molar-refractivity contribution in [2.24, 2.45) is 0 Å². The molecule has 0 heterocycles. The molecule has 1 aromatic carbocycles. The number of benzene rings is 1. The third-order valence-electron chi connectivity index (χ3n) is 1.92. The van der Waals surface area contributed by atoms with Gasteiger partial charge in [0.05, 0.1) is 12.9 Å². The molecule has 0 radical (unpaired) electrons. The Labute approximate surface area is 99.5 Å². The van der Waals surface area contributed by atoms with Crippen molar-refractivity contribution in [2.75, 3.05) is 25.1 Å². The van der Waals surface area contributed by atoms with Crippen molar-refractivity contribution in [2.45, 2.75) is 11.8 Å². The molecule has 0 saturated heterocycles. The van der Waals surface area contributed by atoms with Gasteiger partial charge in [0.1, 0.15) is 5.75 Å². The van der Waals surface area contributed by atoms with Crippen LogP contribution in [0.3, 0.4) is 0 Å². The number of carbonyl (C=O) groups excluding carboxylic acids is 1. The topological polar surface area (TPSA) is 64.4 Å². The summed E-state index contributed by atoms with van der Waals surface area (Å²) in [4.78, 5) is 12.2. The van der Waals surface area contributed by atoms with Crippen molar-refractivity contribution in [1.29, 1.82) is 0 Å². The van der Waals surface area contributed by atoms with Gasteiger partial charge in [0.2, 0.25) is 5.91 Å². The molecule has 0 aliphatic heterocycles. The molecule has 4 nitrogen and oxygen atoms in total. The van der Waals surface area contributed by atoms with Gasteiger partial charge in [0, 0.05) is 23.2 Å². The van der Waals surface area contributed by atoms with E-state index in [9.17, 15) is 4.79 Å². The fourth-order valence-electron chi connectivity index (χ4n) is 1.19. The maximum atomic E-state index is 11.3. The minimum absolute atomic E-state index is 0.0198. The van der Waals surface area contributed by atoms with Gasteiger partial charge < -0.3 is 15.8 Å². The summed E-state index contributed by atoms with van der Waals surface area (Å²) in [6, 6.07) is 5.40. The van der Waals surface area contributed by atoms with Gasteiger partial charge in [0.15, 0.2) is 0 Å². The first kappa shape index (κ1) is 12.7. The first-order valence-electron chi connectivity index (χ1n) is 5.00. The maximum absolute atomic E-state index is 11.3. The minimum Gasteiger partial charge on any atom is -0.496 e. The molecule has 1 rings (SSSR count). The molecule has 0 unspecified atom stereocenters. The van der Waals surface area contributed by atoms with Crippen LogP contribution in [0, 0.1) is 0 Å². The molecule has 0 aliphatic rings. The van der Waals surface area contributed by atoms with Crippen molar-refractivity contribution >= 4 is 23.4 Å². The summed E-state index contributed by atoms with van der Waals surface area (Å²) in [5.74, 6) is 1.11. The molecule has 5 heteroatoms. The molecule has 0 aromatic heterocycles. The van der Waals surface area contributed by atoms with E-state index in [2.05, 4.69) is 5.32 Å². The number of carbonyl (C=O) groups is 1. The summed E-state index contributed by atoms with van der Waals surface area (Å²) in [7, 11) is 1.59. The lowest BCUT2D eigenvalue weighted by atomic mass is 10.3. The number of ether oxygens (including phenoxy) is 1. The Bertz CT molecular complexity index is 369. The Morgan fingerprint density at radius 3 is 2.94 bits per heavy atom. The second kappa shape index (κ2) is 6.27. The Morgan fingerprint density at radius 2 is 2.31 bits per heavy atom. The first-order chi connectivity index (χ1) is 7.67. The van der Waals surface area contributed by atoms with Crippen LogP contribution in [0.1, 0.15) is 6.92 Å². The van der Waals surface area contributed by atoms with Crippen LogP contribution < -0.4 is 15.8 Å². The van der Waals surface area contributed by atoms with Crippen molar-refractivity contribution in [3.8, 4) is 5.75 Å². The Kier molecular flexibility index (Phi) is 4.98. The number of nitrogens with two attached hydrogens (primary N) is 1. The Balaban J connectivity index is 2.63. The predicted molar refractivity (Wildman–Crippen MR) is 66.8 cm³/mol. The van der Waals surface area contributed by atoms with E-state index in [1.807, 2.05) is 13.0 Å². The standard InChI is InChI=1S/C11H16N2O2S/c1-3-13-11(14)7-16-10-5-4-8(12)6-9(10)15-2/h4-6H,3,7,12H2,1-2H3,(H,13,14). The van der Waals surface area contributed by atoms with Gasteiger partial charge in [-0.2, -0.15) is 0 Å². The van der Waals surface area contributed by atoms with Crippen LogP contribution in [0.2, 0.25) is 0 Å². The van der Waals surface area contributed by atoms with Crippen LogP contribution >= 0.6 is 11.8 Å². The van der Waals surface area contributed by atoms with Crippen LogP contribution in [0.25, 0.3) is 0 Å². The van der Waals surface area contributed by atoms with Gasteiger partial charge in [0.25, 0.3) is 0 Å². The molecule has 1 amide bonds. The second-order valence-corrected chi connectivity index (χ2v) is 4.17. The number of anilines is 1. The number of rotatable bonds is 5. The molecule has 0 bridgehead atoms. The molecule has 0 atom stereocenters. The predicted octanol–water partition coefficient (Wildman–Crippen LogP) is 1.51. The summed E-state index contributed by atoms with van der Waals surface area (Å²) < 4.78 is 5.19. The summed E-state index contributed by atoms with van der Waals surface area (Å²) in [5, 5.41) is 2.74. The highest BCUT2D eigenvalue weighted by molar-refractivity contribution is 8.00. The third-order valence-corrected chi connectivity index (χ3v) is 2.98. The van der Waals surface area contributed by atoms with E-state index >= 15 is 0 Å². The minimum atomic E-state index is 0.0198. The van der Waals surface area contributed by atoms with Crippen LogP contribution in [0.4, 0.5) is 5.69 Å². The molecule has 0 aliphatic carbocycles. The molecule has 0 saturated carbocycles. The van der Waals surface area contributed by atoms with Crippen LogP contribution in [-0.2, 0) is 4.79 Å². The molecule has 88 valence electrons. The highest BCUT2D eigenvalue weighted by Gasteiger charge is 2.06. The third kappa shape index (κ3) is 3.66. The second-order valence-electron chi connectivity index (χ2n) is 3.15. The highest BCUT2D eigenvalue weighted by Crippen LogP contribution is 2.30. The molecular weight excluding hydrogens is 224 g/mol. The van der Waals surface area contributed by atoms with Gasteiger partial charge >= 0.3 is 0 Å². The van der Waals surface area contributed by atoms with E-state index in [1.165, 1.54) is 11.8 Å².